The summed E-state index contributed by atoms with van der Waals surface area (Å²) in [6.45, 7) is 2.03. The molecule has 13 heavy (non-hydrogen) atoms. The van der Waals surface area contributed by atoms with E-state index in [2.05, 4.69) is 9.97 Å². The lowest BCUT2D eigenvalue weighted by molar-refractivity contribution is -0.122. The molecule has 0 saturated heterocycles. The summed E-state index contributed by atoms with van der Waals surface area (Å²) >= 11 is 0. The number of Topliss-reactive ketones (excluding diaryl/α,β-unsaturated/α-hetero) is 1. The summed E-state index contributed by atoms with van der Waals surface area (Å²) < 4.78 is 4.69. The van der Waals surface area contributed by atoms with Crippen molar-refractivity contribution >= 4 is 5.78 Å². The summed E-state index contributed by atoms with van der Waals surface area (Å²) in [5.41, 5.74) is 0.989. The van der Waals surface area contributed by atoms with Crippen molar-refractivity contribution in [1.82, 2.24) is 9.97 Å². The summed E-state index contributed by atoms with van der Waals surface area (Å²) in [6, 6.07) is 0. The molecule has 0 unspecified atom stereocenters. The van der Waals surface area contributed by atoms with Crippen LogP contribution in [0.5, 0.6) is 0 Å². The van der Waals surface area contributed by atoms with Crippen molar-refractivity contribution in [3.8, 4) is 0 Å². The highest BCUT2D eigenvalue weighted by Gasteiger charge is 2.04. The predicted molar refractivity (Wildman–Crippen MR) is 47.4 cm³/mol. The summed E-state index contributed by atoms with van der Waals surface area (Å²) in [6.07, 6.45) is 3.64. The van der Waals surface area contributed by atoms with Crippen molar-refractivity contribution in [2.24, 2.45) is 0 Å². The number of carbonyl (C=O) groups is 1. The van der Waals surface area contributed by atoms with E-state index >= 15 is 0 Å². The third-order valence-electron chi connectivity index (χ3n) is 1.50. The van der Waals surface area contributed by atoms with Gasteiger partial charge in [0.1, 0.15) is 12.4 Å². The van der Waals surface area contributed by atoms with Crippen LogP contribution >= 0.6 is 0 Å². The zero-order valence-electron chi connectivity index (χ0n) is 7.78. The van der Waals surface area contributed by atoms with Crippen LogP contribution in [0.3, 0.4) is 0 Å². The molecular weight excluding hydrogens is 168 g/mol. The first-order chi connectivity index (χ1) is 6.22. The molecule has 0 aliphatic heterocycles. The van der Waals surface area contributed by atoms with Crippen molar-refractivity contribution in [3.63, 3.8) is 0 Å². The Labute approximate surface area is 77.0 Å². The van der Waals surface area contributed by atoms with Crippen LogP contribution < -0.4 is 0 Å². The van der Waals surface area contributed by atoms with E-state index in [0.717, 1.165) is 5.56 Å². The molecule has 0 saturated carbocycles. The smallest absolute Gasteiger partial charge is 0.166 e. The Morgan fingerprint density at radius 1 is 1.46 bits per heavy atom. The number of hydrogen-bond acceptors (Lipinski definition) is 4. The minimum Gasteiger partial charge on any atom is -0.377 e. The van der Waals surface area contributed by atoms with E-state index in [0.29, 0.717) is 5.82 Å². The molecule has 0 N–H and O–H groups in total. The Morgan fingerprint density at radius 3 is 2.62 bits per heavy atom. The van der Waals surface area contributed by atoms with Crippen LogP contribution in [0.15, 0.2) is 12.4 Å². The summed E-state index contributed by atoms with van der Waals surface area (Å²) in [5, 5.41) is 0. The number of ether oxygens (including phenoxy) is 1. The molecule has 0 spiro atoms. The Balaban J connectivity index is 2.54. The fraction of sp³-hybridized carbons (Fsp3) is 0.444. The van der Waals surface area contributed by atoms with Gasteiger partial charge in [0.25, 0.3) is 0 Å². The van der Waals surface area contributed by atoms with E-state index in [-0.39, 0.29) is 18.8 Å². The van der Waals surface area contributed by atoms with Gasteiger partial charge in [-0.15, -0.1) is 0 Å². The van der Waals surface area contributed by atoms with Gasteiger partial charge in [0.05, 0.1) is 6.42 Å². The van der Waals surface area contributed by atoms with Gasteiger partial charge < -0.3 is 4.74 Å². The van der Waals surface area contributed by atoms with E-state index < -0.39 is 0 Å². The molecule has 1 heterocycles. The second-order valence-corrected chi connectivity index (χ2v) is 2.83. The SMILES string of the molecule is COCC(=O)Cc1ncc(C)cn1. The van der Waals surface area contributed by atoms with Gasteiger partial charge in [-0.1, -0.05) is 0 Å². The van der Waals surface area contributed by atoms with Crippen molar-refractivity contribution in [3.05, 3.63) is 23.8 Å². The average molecular weight is 180 g/mol. The fourth-order valence-corrected chi connectivity index (χ4v) is 0.899. The van der Waals surface area contributed by atoms with Gasteiger partial charge >= 0.3 is 0 Å². The maximum absolute atomic E-state index is 11.1. The van der Waals surface area contributed by atoms with Crippen molar-refractivity contribution in [2.75, 3.05) is 13.7 Å². The first-order valence-electron chi connectivity index (χ1n) is 4.00. The van der Waals surface area contributed by atoms with E-state index in [1.807, 2.05) is 6.92 Å². The maximum atomic E-state index is 11.1. The molecule has 4 heteroatoms. The molecule has 0 fully saturated rings. The molecule has 0 bridgehead atoms. The number of aryl methyl sites for hydroxylation is 1. The molecule has 0 radical (unpaired) electrons. The largest absolute Gasteiger partial charge is 0.377 e. The zero-order chi connectivity index (χ0) is 9.68. The zero-order valence-corrected chi connectivity index (χ0v) is 7.78. The van der Waals surface area contributed by atoms with Crippen LogP contribution in [0.25, 0.3) is 0 Å². The number of hydrogen-bond donors (Lipinski definition) is 0. The second kappa shape index (κ2) is 4.67. The molecule has 0 atom stereocenters. The minimum atomic E-state index is -0.00801. The number of methoxy groups -OCH3 is 1. The number of ketones is 1. The molecule has 1 aromatic heterocycles. The lowest BCUT2D eigenvalue weighted by atomic mass is 10.3. The molecule has 0 aliphatic carbocycles. The van der Waals surface area contributed by atoms with Crippen molar-refractivity contribution in [2.45, 2.75) is 13.3 Å². The minimum absolute atomic E-state index is 0.00801. The first-order valence-corrected chi connectivity index (χ1v) is 4.00. The van der Waals surface area contributed by atoms with Gasteiger partial charge in [0.15, 0.2) is 5.78 Å². The van der Waals surface area contributed by atoms with Gasteiger partial charge in [-0.25, -0.2) is 9.97 Å². The Bertz CT molecular complexity index is 282. The number of nitrogens with zero attached hydrogens (tertiary/aromatic N) is 2. The quantitative estimate of drug-likeness (QED) is 0.678. The topological polar surface area (TPSA) is 52.1 Å². The highest BCUT2D eigenvalue weighted by atomic mass is 16.5. The van der Waals surface area contributed by atoms with E-state index in [9.17, 15) is 4.79 Å². The normalized spacial score (nSPS) is 10.0. The van der Waals surface area contributed by atoms with E-state index in [4.69, 9.17) is 4.74 Å². The summed E-state index contributed by atoms with van der Waals surface area (Å²) in [4.78, 5) is 19.1. The second-order valence-electron chi connectivity index (χ2n) is 2.83. The van der Waals surface area contributed by atoms with Crippen LogP contribution in [0.2, 0.25) is 0 Å². The molecule has 0 amide bonds. The number of carbonyl (C=O) groups excluding carboxylic acids is 1. The Morgan fingerprint density at radius 2 is 2.08 bits per heavy atom. The van der Waals surface area contributed by atoms with Gasteiger partial charge in [-0.05, 0) is 12.5 Å². The van der Waals surface area contributed by atoms with Crippen molar-refractivity contribution in [1.29, 1.82) is 0 Å². The third kappa shape index (κ3) is 3.29. The van der Waals surface area contributed by atoms with Crippen LogP contribution in [-0.2, 0) is 16.0 Å². The third-order valence-corrected chi connectivity index (χ3v) is 1.50. The average Bonchev–Trinajstić information content (AvgIpc) is 2.09. The lowest BCUT2D eigenvalue weighted by Crippen LogP contribution is -2.11. The summed E-state index contributed by atoms with van der Waals surface area (Å²) in [5.74, 6) is 0.541. The van der Waals surface area contributed by atoms with Crippen LogP contribution in [-0.4, -0.2) is 29.5 Å². The fourth-order valence-electron chi connectivity index (χ4n) is 0.899. The predicted octanol–water partition coefficient (Wildman–Crippen LogP) is 0.543. The van der Waals surface area contributed by atoms with Gasteiger partial charge in [0, 0.05) is 19.5 Å². The molecular formula is C9H12N2O2. The number of aromatic nitrogens is 2. The summed E-state index contributed by atoms with van der Waals surface area (Å²) in [7, 11) is 1.49. The van der Waals surface area contributed by atoms with E-state index in [1.54, 1.807) is 12.4 Å². The number of rotatable bonds is 4. The highest BCUT2D eigenvalue weighted by molar-refractivity contribution is 5.81. The standard InChI is InChI=1S/C9H12N2O2/c1-7-4-10-9(11-5-7)3-8(12)6-13-2/h4-5H,3,6H2,1-2H3. The molecule has 70 valence electrons. The van der Waals surface area contributed by atoms with Gasteiger partial charge in [0.2, 0.25) is 0 Å². The molecule has 1 aromatic rings. The lowest BCUT2D eigenvalue weighted by Gasteiger charge is -1.98. The molecule has 0 aliphatic rings. The van der Waals surface area contributed by atoms with Gasteiger partial charge in [-0.2, -0.15) is 0 Å². The van der Waals surface area contributed by atoms with Crippen LogP contribution in [0.4, 0.5) is 0 Å². The van der Waals surface area contributed by atoms with Gasteiger partial charge in [-0.3, -0.25) is 4.79 Å². The van der Waals surface area contributed by atoms with Crippen molar-refractivity contribution < 1.29 is 9.53 Å². The Kier molecular flexibility index (Phi) is 3.52. The van der Waals surface area contributed by atoms with E-state index in [1.165, 1.54) is 7.11 Å². The molecule has 4 nitrogen and oxygen atoms in total. The highest BCUT2D eigenvalue weighted by Crippen LogP contribution is 1.95. The molecule has 0 aromatic carbocycles. The Hall–Kier alpha value is -1.29. The monoisotopic (exact) mass is 180 g/mol. The van der Waals surface area contributed by atoms with Crippen LogP contribution in [0.1, 0.15) is 11.4 Å². The maximum Gasteiger partial charge on any atom is 0.166 e. The molecule has 1 rings (SSSR count). The van der Waals surface area contributed by atoms with Crippen LogP contribution in [0, 0.1) is 6.92 Å². The first kappa shape index (κ1) is 9.80.